The smallest absolute Gasteiger partial charge is 0.317 e. The van der Waals surface area contributed by atoms with Gasteiger partial charge in [0.1, 0.15) is 18.1 Å². The molecule has 0 aliphatic carbocycles. The minimum absolute atomic E-state index is 0.0502. The highest BCUT2D eigenvalue weighted by Crippen LogP contribution is 2.19. The van der Waals surface area contributed by atoms with E-state index in [1.165, 1.54) is 0 Å². The van der Waals surface area contributed by atoms with E-state index < -0.39 is 9.84 Å². The second kappa shape index (κ2) is 8.23. The molecule has 1 aliphatic rings. The van der Waals surface area contributed by atoms with Crippen molar-refractivity contribution in [2.75, 3.05) is 38.3 Å². The molecule has 1 aromatic rings. The summed E-state index contributed by atoms with van der Waals surface area (Å²) in [4.78, 5) is 13.8. The highest BCUT2D eigenvalue weighted by Gasteiger charge is 2.33. The molecule has 0 aromatic heterocycles. The molecule has 1 fully saturated rings. The molecule has 1 atom stereocenters. The van der Waals surface area contributed by atoms with Crippen molar-refractivity contribution in [3.63, 3.8) is 0 Å². The second-order valence-corrected chi connectivity index (χ2v) is 7.83. The van der Waals surface area contributed by atoms with Crippen LogP contribution in [0.4, 0.5) is 4.79 Å². The molecule has 1 saturated heterocycles. The number of amides is 2. The van der Waals surface area contributed by atoms with Crippen LogP contribution >= 0.6 is 0 Å². The van der Waals surface area contributed by atoms with Crippen molar-refractivity contribution in [3.8, 4) is 11.5 Å². The van der Waals surface area contributed by atoms with E-state index in [1.807, 2.05) is 25.1 Å². The fourth-order valence-corrected chi connectivity index (χ4v) is 4.44. The highest BCUT2D eigenvalue weighted by molar-refractivity contribution is 7.91. The van der Waals surface area contributed by atoms with Crippen LogP contribution in [0.1, 0.15) is 13.3 Å². The Hall–Kier alpha value is -1.96. The minimum Gasteiger partial charge on any atom is -0.497 e. The molecule has 134 valence electrons. The zero-order chi connectivity index (χ0) is 17.6. The summed E-state index contributed by atoms with van der Waals surface area (Å²) < 4.78 is 33.8. The van der Waals surface area contributed by atoms with Gasteiger partial charge in [-0.25, -0.2) is 13.2 Å². The Morgan fingerprint density at radius 1 is 1.38 bits per heavy atom. The molecule has 24 heavy (non-hydrogen) atoms. The maximum atomic E-state index is 12.2. The first-order valence-corrected chi connectivity index (χ1v) is 9.79. The largest absolute Gasteiger partial charge is 0.497 e. The van der Waals surface area contributed by atoms with E-state index in [4.69, 9.17) is 9.47 Å². The molecule has 1 N–H and O–H groups in total. The zero-order valence-corrected chi connectivity index (χ0v) is 14.8. The summed E-state index contributed by atoms with van der Waals surface area (Å²) in [6, 6.07) is 6.73. The lowest BCUT2D eigenvalue weighted by Crippen LogP contribution is -2.47. The molecule has 0 saturated carbocycles. The van der Waals surface area contributed by atoms with E-state index in [-0.39, 0.29) is 23.6 Å². The molecule has 2 amide bonds. The van der Waals surface area contributed by atoms with Crippen LogP contribution < -0.4 is 14.8 Å². The SMILES string of the molecule is CCN(C(=O)NCCOc1cccc(OC)c1)C1CCS(=O)(=O)C1. The number of urea groups is 1. The molecule has 0 spiro atoms. The lowest BCUT2D eigenvalue weighted by Gasteiger charge is -2.27. The van der Waals surface area contributed by atoms with Gasteiger partial charge in [0.25, 0.3) is 0 Å². The number of ether oxygens (including phenoxy) is 2. The third kappa shape index (κ3) is 5.02. The first-order chi connectivity index (χ1) is 11.4. The van der Waals surface area contributed by atoms with Crippen molar-refractivity contribution in [1.29, 1.82) is 0 Å². The number of nitrogens with zero attached hydrogens (tertiary/aromatic N) is 1. The van der Waals surface area contributed by atoms with Crippen LogP contribution in [0, 0.1) is 0 Å². The average molecular weight is 356 g/mol. The van der Waals surface area contributed by atoms with Gasteiger partial charge in [0, 0.05) is 18.7 Å². The number of hydrogen-bond acceptors (Lipinski definition) is 5. The van der Waals surface area contributed by atoms with Crippen molar-refractivity contribution in [1.82, 2.24) is 10.2 Å². The fourth-order valence-electron chi connectivity index (χ4n) is 2.71. The van der Waals surface area contributed by atoms with Gasteiger partial charge in [-0.05, 0) is 25.5 Å². The Kier molecular flexibility index (Phi) is 6.30. The van der Waals surface area contributed by atoms with Crippen molar-refractivity contribution in [3.05, 3.63) is 24.3 Å². The quantitative estimate of drug-likeness (QED) is 0.744. The molecule has 2 rings (SSSR count). The van der Waals surface area contributed by atoms with Crippen LogP contribution in [0.15, 0.2) is 24.3 Å². The van der Waals surface area contributed by atoms with Gasteiger partial charge < -0.3 is 19.7 Å². The van der Waals surface area contributed by atoms with Gasteiger partial charge in [-0.1, -0.05) is 6.07 Å². The maximum absolute atomic E-state index is 12.2. The van der Waals surface area contributed by atoms with Gasteiger partial charge in [-0.15, -0.1) is 0 Å². The van der Waals surface area contributed by atoms with Crippen LogP contribution in [-0.4, -0.2) is 63.7 Å². The lowest BCUT2D eigenvalue weighted by atomic mass is 10.2. The molecule has 0 radical (unpaired) electrons. The molecule has 1 aromatic carbocycles. The summed E-state index contributed by atoms with van der Waals surface area (Å²) >= 11 is 0. The Morgan fingerprint density at radius 3 is 2.75 bits per heavy atom. The number of carbonyl (C=O) groups excluding carboxylic acids is 1. The summed E-state index contributed by atoms with van der Waals surface area (Å²) in [6.07, 6.45) is 0.504. The van der Waals surface area contributed by atoms with Gasteiger partial charge in [0.2, 0.25) is 0 Å². The van der Waals surface area contributed by atoms with E-state index in [1.54, 1.807) is 18.1 Å². The number of benzene rings is 1. The normalized spacial score (nSPS) is 18.8. The van der Waals surface area contributed by atoms with E-state index in [2.05, 4.69) is 5.32 Å². The second-order valence-electron chi connectivity index (χ2n) is 5.60. The molecule has 1 unspecified atom stereocenters. The predicted molar refractivity (Wildman–Crippen MR) is 91.3 cm³/mol. The number of rotatable bonds is 7. The summed E-state index contributed by atoms with van der Waals surface area (Å²) in [5.74, 6) is 1.57. The van der Waals surface area contributed by atoms with Crippen LogP contribution in [0.5, 0.6) is 11.5 Å². The summed E-state index contributed by atoms with van der Waals surface area (Å²) in [5.41, 5.74) is 0. The van der Waals surface area contributed by atoms with Gasteiger partial charge in [0.05, 0.1) is 25.2 Å². The van der Waals surface area contributed by atoms with E-state index in [0.717, 1.165) is 0 Å². The summed E-state index contributed by atoms with van der Waals surface area (Å²) in [6.45, 7) is 2.98. The third-order valence-corrected chi connectivity index (χ3v) is 5.69. The van der Waals surface area contributed by atoms with Crippen molar-refractivity contribution < 1.29 is 22.7 Å². The Balaban J connectivity index is 1.77. The van der Waals surface area contributed by atoms with Gasteiger partial charge >= 0.3 is 6.03 Å². The fraction of sp³-hybridized carbons (Fsp3) is 0.562. The minimum atomic E-state index is -3.01. The molecule has 1 aliphatic heterocycles. The topological polar surface area (TPSA) is 84.9 Å². The van der Waals surface area contributed by atoms with Crippen LogP contribution in [0.25, 0.3) is 0 Å². The zero-order valence-electron chi connectivity index (χ0n) is 14.0. The molecular weight excluding hydrogens is 332 g/mol. The van der Waals surface area contributed by atoms with Crippen molar-refractivity contribution in [2.24, 2.45) is 0 Å². The summed E-state index contributed by atoms with van der Waals surface area (Å²) in [7, 11) is -1.42. The molecule has 8 heteroatoms. The Morgan fingerprint density at radius 2 is 2.12 bits per heavy atom. The van der Waals surface area contributed by atoms with E-state index in [0.29, 0.717) is 37.6 Å². The lowest BCUT2D eigenvalue weighted by molar-refractivity contribution is 0.181. The first-order valence-electron chi connectivity index (χ1n) is 7.97. The predicted octanol–water partition coefficient (Wildman–Crippen LogP) is 1.29. The molecule has 0 bridgehead atoms. The number of sulfone groups is 1. The third-order valence-electron chi connectivity index (χ3n) is 3.94. The first kappa shape index (κ1) is 18.4. The molecule has 1 heterocycles. The molecular formula is C16H24N2O5S. The Labute approximate surface area is 142 Å². The number of carbonyl (C=O) groups is 1. The van der Waals surface area contributed by atoms with E-state index >= 15 is 0 Å². The highest BCUT2D eigenvalue weighted by atomic mass is 32.2. The van der Waals surface area contributed by atoms with Crippen molar-refractivity contribution >= 4 is 15.9 Å². The number of methoxy groups -OCH3 is 1. The van der Waals surface area contributed by atoms with Gasteiger partial charge in [0.15, 0.2) is 9.84 Å². The van der Waals surface area contributed by atoms with Crippen LogP contribution in [0.3, 0.4) is 0 Å². The van der Waals surface area contributed by atoms with Gasteiger partial charge in [-0.3, -0.25) is 0 Å². The Bertz CT molecular complexity index is 662. The van der Waals surface area contributed by atoms with E-state index in [9.17, 15) is 13.2 Å². The van der Waals surface area contributed by atoms with Crippen LogP contribution in [-0.2, 0) is 9.84 Å². The standard InChI is InChI=1S/C16H24N2O5S/c1-3-18(13-7-10-24(20,21)12-13)16(19)17-8-9-23-15-6-4-5-14(11-15)22-2/h4-6,11,13H,3,7-10,12H2,1-2H3,(H,17,19). The average Bonchev–Trinajstić information content (AvgIpc) is 2.92. The van der Waals surface area contributed by atoms with Crippen molar-refractivity contribution in [2.45, 2.75) is 19.4 Å². The van der Waals surface area contributed by atoms with Gasteiger partial charge in [-0.2, -0.15) is 0 Å². The number of hydrogen-bond donors (Lipinski definition) is 1. The monoisotopic (exact) mass is 356 g/mol. The summed E-state index contributed by atoms with van der Waals surface area (Å²) in [5, 5.41) is 2.77. The molecule has 7 nitrogen and oxygen atoms in total. The maximum Gasteiger partial charge on any atom is 0.317 e. The number of nitrogens with one attached hydrogen (secondary N) is 1. The van der Waals surface area contributed by atoms with Crippen LogP contribution in [0.2, 0.25) is 0 Å².